The molecule has 1 atom stereocenters. The van der Waals surface area contributed by atoms with Gasteiger partial charge in [0.25, 0.3) is 0 Å². The first kappa shape index (κ1) is 23.6. The molecule has 0 spiro atoms. The van der Waals surface area contributed by atoms with Crippen molar-refractivity contribution >= 4 is 29.3 Å². The molecule has 1 aromatic carbocycles. The molecule has 184 valence electrons. The summed E-state index contributed by atoms with van der Waals surface area (Å²) in [4.78, 5) is 17.8. The van der Waals surface area contributed by atoms with Gasteiger partial charge in [-0.2, -0.15) is 0 Å². The molecule has 0 radical (unpaired) electrons. The van der Waals surface area contributed by atoms with E-state index in [1.165, 1.54) is 31.0 Å². The zero-order valence-corrected chi connectivity index (χ0v) is 20.6. The van der Waals surface area contributed by atoms with Crippen molar-refractivity contribution in [3.05, 3.63) is 30.3 Å². The van der Waals surface area contributed by atoms with Crippen LogP contribution < -0.4 is 9.80 Å². The Morgan fingerprint density at radius 2 is 1.79 bits per heavy atom. The van der Waals surface area contributed by atoms with Crippen molar-refractivity contribution in [2.75, 3.05) is 48.5 Å². The number of para-hydroxylation sites is 1. The summed E-state index contributed by atoms with van der Waals surface area (Å²) in [6, 6.07) is 10.4. The lowest BCUT2D eigenvalue weighted by molar-refractivity contribution is -0.116. The number of hydrogen-bond acceptors (Lipinski definition) is 7. The number of benzene rings is 1. The van der Waals surface area contributed by atoms with Crippen molar-refractivity contribution in [2.45, 2.75) is 68.8 Å². The maximum atomic E-state index is 13.6. The van der Waals surface area contributed by atoms with E-state index in [1.54, 1.807) is 0 Å². The molecule has 3 aliphatic rings. The topological polar surface area (TPSA) is 72.7 Å². The largest absolute Gasteiger partial charge is 0.378 e. The summed E-state index contributed by atoms with van der Waals surface area (Å²) in [6.45, 7) is 4.53. The molecule has 1 unspecified atom stereocenters. The number of rotatable bonds is 8. The van der Waals surface area contributed by atoms with Gasteiger partial charge in [-0.25, -0.2) is 0 Å². The third kappa shape index (κ3) is 5.58. The lowest BCUT2D eigenvalue weighted by Gasteiger charge is -2.34. The van der Waals surface area contributed by atoms with Gasteiger partial charge in [0.05, 0.1) is 31.6 Å². The van der Waals surface area contributed by atoms with E-state index >= 15 is 0 Å². The van der Waals surface area contributed by atoms with Crippen LogP contribution in [0.25, 0.3) is 0 Å². The molecule has 1 aliphatic carbocycles. The summed E-state index contributed by atoms with van der Waals surface area (Å²) in [5, 5.41) is 9.85. The highest BCUT2D eigenvalue weighted by molar-refractivity contribution is 7.99. The van der Waals surface area contributed by atoms with Crippen molar-refractivity contribution in [1.82, 2.24) is 14.8 Å². The van der Waals surface area contributed by atoms with E-state index in [-0.39, 0.29) is 18.1 Å². The fraction of sp³-hybridized carbons (Fsp3) is 0.640. The Hall–Kier alpha value is -2.10. The average molecular weight is 486 g/mol. The number of amides is 1. The summed E-state index contributed by atoms with van der Waals surface area (Å²) >= 11 is 1.50. The normalized spacial score (nSPS) is 21.6. The third-order valence-corrected chi connectivity index (χ3v) is 7.92. The number of carbonyl (C=O) groups excluding carboxylic acids is 1. The fourth-order valence-electron chi connectivity index (χ4n) is 5.22. The summed E-state index contributed by atoms with van der Waals surface area (Å²) in [5.74, 6) is 1.35. The Labute approximate surface area is 206 Å². The second-order valence-corrected chi connectivity index (χ2v) is 10.2. The lowest BCUT2D eigenvalue weighted by atomic mass is 9.93. The highest BCUT2D eigenvalue weighted by Gasteiger charge is 2.29. The standard InChI is InChI=1S/C25H35N5O3S/c31-23(30(20-8-3-1-4-9-20)21-10-5-2-6-11-21)19-34-25-27-26-24(28-13-16-32-17-14-28)29(25)18-22-12-7-15-33-22/h1,3-4,8-9,21-22H,2,5-7,10-19H2. The van der Waals surface area contributed by atoms with Crippen LogP contribution >= 0.6 is 11.8 Å². The lowest BCUT2D eigenvalue weighted by Crippen LogP contribution is -2.42. The molecule has 8 nitrogen and oxygen atoms in total. The predicted octanol–water partition coefficient (Wildman–Crippen LogP) is 3.75. The molecule has 2 saturated heterocycles. The van der Waals surface area contributed by atoms with Crippen molar-refractivity contribution < 1.29 is 14.3 Å². The molecule has 2 aromatic rings. The van der Waals surface area contributed by atoms with Crippen molar-refractivity contribution in [1.29, 1.82) is 0 Å². The van der Waals surface area contributed by atoms with Crippen LogP contribution in [-0.2, 0) is 20.8 Å². The maximum Gasteiger partial charge on any atom is 0.237 e. The number of carbonyl (C=O) groups is 1. The van der Waals surface area contributed by atoms with Gasteiger partial charge in [-0.3, -0.25) is 9.36 Å². The summed E-state index contributed by atoms with van der Waals surface area (Å²) in [6.07, 6.45) is 8.10. The van der Waals surface area contributed by atoms with E-state index in [0.29, 0.717) is 19.0 Å². The van der Waals surface area contributed by atoms with Gasteiger partial charge in [0.2, 0.25) is 11.9 Å². The highest BCUT2D eigenvalue weighted by atomic mass is 32.2. The van der Waals surface area contributed by atoms with Crippen LogP contribution in [0.4, 0.5) is 11.6 Å². The molecule has 0 bridgehead atoms. The summed E-state index contributed by atoms with van der Waals surface area (Å²) in [7, 11) is 0. The van der Waals surface area contributed by atoms with Gasteiger partial charge in [-0.05, 0) is 37.8 Å². The summed E-state index contributed by atoms with van der Waals surface area (Å²) < 4.78 is 13.6. The molecule has 3 fully saturated rings. The van der Waals surface area contributed by atoms with E-state index in [0.717, 1.165) is 68.7 Å². The van der Waals surface area contributed by atoms with Crippen LogP contribution in [0.1, 0.15) is 44.9 Å². The Balaban J connectivity index is 1.33. The Morgan fingerprint density at radius 3 is 2.53 bits per heavy atom. The Kier molecular flexibility index (Phi) is 8.03. The van der Waals surface area contributed by atoms with E-state index < -0.39 is 0 Å². The van der Waals surface area contributed by atoms with Crippen molar-refractivity contribution in [2.24, 2.45) is 0 Å². The SMILES string of the molecule is O=C(CSc1nnc(N2CCOCC2)n1CC1CCCO1)N(c1ccccc1)C1CCCCC1. The van der Waals surface area contributed by atoms with Crippen LogP contribution in [0.3, 0.4) is 0 Å². The van der Waals surface area contributed by atoms with Gasteiger partial charge >= 0.3 is 0 Å². The van der Waals surface area contributed by atoms with Gasteiger partial charge in [0, 0.05) is 31.4 Å². The number of hydrogen-bond donors (Lipinski definition) is 0. The quantitative estimate of drug-likeness (QED) is 0.527. The first-order valence-corrected chi connectivity index (χ1v) is 13.7. The number of ether oxygens (including phenoxy) is 2. The van der Waals surface area contributed by atoms with Crippen LogP contribution in [-0.4, -0.2) is 71.5 Å². The third-order valence-electron chi connectivity index (χ3n) is 6.97. The molecule has 34 heavy (non-hydrogen) atoms. The zero-order chi connectivity index (χ0) is 23.2. The number of nitrogens with zero attached hydrogens (tertiary/aromatic N) is 5. The van der Waals surface area contributed by atoms with Gasteiger partial charge in [-0.15, -0.1) is 10.2 Å². The van der Waals surface area contributed by atoms with Gasteiger partial charge in [0.1, 0.15) is 0 Å². The number of aromatic nitrogens is 3. The van der Waals surface area contributed by atoms with Gasteiger partial charge in [0.15, 0.2) is 5.16 Å². The molecule has 1 amide bonds. The molecule has 9 heteroatoms. The van der Waals surface area contributed by atoms with Crippen LogP contribution in [0, 0.1) is 0 Å². The molecule has 3 heterocycles. The first-order valence-electron chi connectivity index (χ1n) is 12.7. The molecule has 0 N–H and O–H groups in total. The predicted molar refractivity (Wildman–Crippen MR) is 134 cm³/mol. The second kappa shape index (κ2) is 11.6. The second-order valence-electron chi connectivity index (χ2n) is 9.31. The van der Waals surface area contributed by atoms with Gasteiger partial charge in [-0.1, -0.05) is 49.2 Å². The smallest absolute Gasteiger partial charge is 0.237 e. The Morgan fingerprint density at radius 1 is 1.00 bits per heavy atom. The van der Waals surface area contributed by atoms with Crippen molar-refractivity contribution in [3.8, 4) is 0 Å². The van der Waals surface area contributed by atoms with Crippen LogP contribution in [0.5, 0.6) is 0 Å². The molecule has 1 aromatic heterocycles. The first-order chi connectivity index (χ1) is 16.8. The van der Waals surface area contributed by atoms with E-state index in [2.05, 4.69) is 19.7 Å². The maximum absolute atomic E-state index is 13.6. The average Bonchev–Trinajstić information content (AvgIpc) is 3.55. The fourth-order valence-corrected chi connectivity index (χ4v) is 6.02. The van der Waals surface area contributed by atoms with Crippen LogP contribution in [0.2, 0.25) is 0 Å². The minimum Gasteiger partial charge on any atom is -0.378 e. The van der Waals surface area contributed by atoms with E-state index in [9.17, 15) is 4.79 Å². The Bertz CT molecular complexity index is 922. The zero-order valence-electron chi connectivity index (χ0n) is 19.8. The van der Waals surface area contributed by atoms with E-state index in [4.69, 9.17) is 9.47 Å². The molecule has 5 rings (SSSR count). The monoisotopic (exact) mass is 485 g/mol. The summed E-state index contributed by atoms with van der Waals surface area (Å²) in [5.41, 5.74) is 0.995. The number of thioether (sulfide) groups is 1. The number of morpholine rings is 1. The van der Waals surface area contributed by atoms with Crippen molar-refractivity contribution in [3.63, 3.8) is 0 Å². The van der Waals surface area contributed by atoms with Crippen LogP contribution in [0.15, 0.2) is 35.5 Å². The highest BCUT2D eigenvalue weighted by Crippen LogP contribution is 2.30. The molecular weight excluding hydrogens is 450 g/mol. The minimum absolute atomic E-state index is 0.141. The number of anilines is 2. The molecular formula is C25H35N5O3S. The molecule has 1 saturated carbocycles. The minimum atomic E-state index is 0.141. The van der Waals surface area contributed by atoms with E-state index in [1.807, 2.05) is 35.2 Å². The van der Waals surface area contributed by atoms with Gasteiger partial charge < -0.3 is 19.3 Å². The molecule has 2 aliphatic heterocycles.